The van der Waals surface area contributed by atoms with Crippen molar-refractivity contribution >= 4 is 11.8 Å². The van der Waals surface area contributed by atoms with E-state index in [1.165, 1.54) is 0 Å². The molecule has 1 heterocycles. The van der Waals surface area contributed by atoms with Gasteiger partial charge in [0.25, 0.3) is 0 Å². The van der Waals surface area contributed by atoms with Crippen LogP contribution in [0.1, 0.15) is 47.0 Å². The van der Waals surface area contributed by atoms with Crippen molar-refractivity contribution in [2.45, 2.75) is 58.0 Å². The van der Waals surface area contributed by atoms with Crippen LogP contribution in [0.2, 0.25) is 0 Å². The Morgan fingerprint density at radius 2 is 1.90 bits per heavy atom. The number of amides is 2. The molecule has 0 radical (unpaired) electrons. The maximum Gasteiger partial charge on any atom is 0.249 e. The molecule has 0 aromatic heterocycles. The van der Waals surface area contributed by atoms with Gasteiger partial charge in [-0.3, -0.25) is 9.59 Å². The zero-order valence-electron chi connectivity index (χ0n) is 13.0. The standard InChI is InChI=1S/C15H26N2O3/c1-5-9-20-10-8-17-13(19)15(4,11-6-7-11)16-12(18)14(17,2)3/h11H,5-10H2,1-4H3,(H,16,18). The summed E-state index contributed by atoms with van der Waals surface area (Å²) in [6.45, 7) is 9.15. The summed E-state index contributed by atoms with van der Waals surface area (Å²) in [5.41, 5.74) is -1.53. The van der Waals surface area contributed by atoms with Crippen LogP contribution in [0.3, 0.4) is 0 Å². The van der Waals surface area contributed by atoms with E-state index in [4.69, 9.17) is 4.74 Å². The molecule has 0 aromatic carbocycles. The van der Waals surface area contributed by atoms with Gasteiger partial charge in [-0.1, -0.05) is 6.92 Å². The van der Waals surface area contributed by atoms with Crippen LogP contribution < -0.4 is 5.32 Å². The first-order valence-electron chi connectivity index (χ1n) is 7.56. The number of carbonyl (C=O) groups excluding carboxylic acids is 2. The predicted octanol–water partition coefficient (Wildman–Crippen LogP) is 1.32. The van der Waals surface area contributed by atoms with Crippen LogP contribution in [0.25, 0.3) is 0 Å². The molecule has 2 aliphatic rings. The highest BCUT2D eigenvalue weighted by Crippen LogP contribution is 2.43. The third-order valence-corrected chi connectivity index (χ3v) is 4.49. The Morgan fingerprint density at radius 3 is 2.45 bits per heavy atom. The van der Waals surface area contributed by atoms with Crippen LogP contribution in [0, 0.1) is 5.92 Å². The van der Waals surface area contributed by atoms with Gasteiger partial charge < -0.3 is 15.0 Å². The average Bonchev–Trinajstić information content (AvgIpc) is 3.20. The van der Waals surface area contributed by atoms with Gasteiger partial charge in [-0.15, -0.1) is 0 Å². The second kappa shape index (κ2) is 5.35. The fourth-order valence-electron chi connectivity index (χ4n) is 2.82. The molecule has 1 aliphatic heterocycles. The van der Waals surface area contributed by atoms with Crippen molar-refractivity contribution in [2.75, 3.05) is 19.8 Å². The molecule has 1 N–H and O–H groups in total. The summed E-state index contributed by atoms with van der Waals surface area (Å²) in [5.74, 6) is 0.251. The van der Waals surface area contributed by atoms with Crippen LogP contribution >= 0.6 is 0 Å². The van der Waals surface area contributed by atoms with E-state index < -0.39 is 11.1 Å². The van der Waals surface area contributed by atoms with Gasteiger partial charge in [0.15, 0.2) is 0 Å². The molecule has 1 atom stereocenters. The molecule has 1 saturated carbocycles. The maximum atomic E-state index is 12.8. The van der Waals surface area contributed by atoms with E-state index in [2.05, 4.69) is 5.32 Å². The fourth-order valence-corrected chi connectivity index (χ4v) is 2.82. The Bertz CT molecular complexity index is 404. The molecule has 114 valence electrons. The summed E-state index contributed by atoms with van der Waals surface area (Å²) in [6, 6.07) is 0. The Balaban J connectivity index is 2.11. The number of hydrogen-bond donors (Lipinski definition) is 1. The topological polar surface area (TPSA) is 58.6 Å². The van der Waals surface area contributed by atoms with Gasteiger partial charge in [0, 0.05) is 13.2 Å². The van der Waals surface area contributed by atoms with E-state index in [-0.39, 0.29) is 17.7 Å². The lowest BCUT2D eigenvalue weighted by atomic mass is 9.85. The van der Waals surface area contributed by atoms with Gasteiger partial charge in [0.1, 0.15) is 11.1 Å². The summed E-state index contributed by atoms with van der Waals surface area (Å²) in [5, 5.41) is 2.96. The van der Waals surface area contributed by atoms with Crippen molar-refractivity contribution in [2.24, 2.45) is 5.92 Å². The SMILES string of the molecule is CCCOCCN1C(=O)C(C)(C2CC2)NC(=O)C1(C)C. The number of ether oxygens (including phenoxy) is 1. The average molecular weight is 282 g/mol. The van der Waals surface area contributed by atoms with Crippen LogP contribution in [0.15, 0.2) is 0 Å². The summed E-state index contributed by atoms with van der Waals surface area (Å²) in [4.78, 5) is 26.9. The first-order valence-corrected chi connectivity index (χ1v) is 7.56. The lowest BCUT2D eigenvalue weighted by Gasteiger charge is -2.49. The monoisotopic (exact) mass is 282 g/mol. The minimum atomic E-state index is -0.805. The van der Waals surface area contributed by atoms with E-state index in [1.807, 2.05) is 13.8 Å². The Labute approximate surface area is 121 Å². The van der Waals surface area contributed by atoms with Gasteiger partial charge in [-0.05, 0) is 46.0 Å². The van der Waals surface area contributed by atoms with Crippen molar-refractivity contribution in [1.82, 2.24) is 10.2 Å². The molecule has 2 fully saturated rings. The number of carbonyl (C=O) groups is 2. The quantitative estimate of drug-likeness (QED) is 0.748. The third kappa shape index (κ3) is 2.55. The number of piperazine rings is 1. The van der Waals surface area contributed by atoms with Crippen LogP contribution in [-0.4, -0.2) is 47.6 Å². The van der Waals surface area contributed by atoms with Crippen molar-refractivity contribution in [3.63, 3.8) is 0 Å². The predicted molar refractivity (Wildman–Crippen MR) is 76.2 cm³/mol. The minimum Gasteiger partial charge on any atom is -0.380 e. The number of hydrogen-bond acceptors (Lipinski definition) is 3. The first-order chi connectivity index (χ1) is 9.34. The van der Waals surface area contributed by atoms with E-state index in [0.29, 0.717) is 19.8 Å². The highest BCUT2D eigenvalue weighted by molar-refractivity contribution is 6.02. The molecule has 0 spiro atoms. The molecule has 20 heavy (non-hydrogen) atoms. The normalized spacial score (nSPS) is 29.5. The second-order valence-electron chi connectivity index (χ2n) is 6.56. The number of nitrogens with one attached hydrogen (secondary N) is 1. The van der Waals surface area contributed by atoms with Gasteiger partial charge in [-0.25, -0.2) is 0 Å². The molecule has 1 unspecified atom stereocenters. The van der Waals surface area contributed by atoms with E-state index >= 15 is 0 Å². The number of rotatable bonds is 6. The summed E-state index contributed by atoms with van der Waals surface area (Å²) in [6.07, 6.45) is 2.99. The minimum absolute atomic E-state index is 0.0321. The first kappa shape index (κ1) is 15.3. The lowest BCUT2D eigenvalue weighted by molar-refractivity contribution is -0.162. The van der Waals surface area contributed by atoms with Crippen LogP contribution in [-0.2, 0) is 14.3 Å². The summed E-state index contributed by atoms with van der Waals surface area (Å²) in [7, 11) is 0. The molecule has 0 bridgehead atoms. The summed E-state index contributed by atoms with van der Waals surface area (Å²) < 4.78 is 5.48. The van der Waals surface area contributed by atoms with Crippen LogP contribution in [0.4, 0.5) is 0 Å². The largest absolute Gasteiger partial charge is 0.380 e. The van der Waals surface area contributed by atoms with E-state index in [0.717, 1.165) is 19.3 Å². The highest BCUT2D eigenvalue weighted by atomic mass is 16.5. The second-order valence-corrected chi connectivity index (χ2v) is 6.56. The fraction of sp³-hybridized carbons (Fsp3) is 0.867. The van der Waals surface area contributed by atoms with Crippen molar-refractivity contribution < 1.29 is 14.3 Å². The Kier molecular flexibility index (Phi) is 4.09. The molecule has 0 aromatic rings. The third-order valence-electron chi connectivity index (χ3n) is 4.49. The molecule has 5 nitrogen and oxygen atoms in total. The molecule has 2 rings (SSSR count). The summed E-state index contributed by atoms with van der Waals surface area (Å²) >= 11 is 0. The zero-order valence-corrected chi connectivity index (χ0v) is 13.0. The van der Waals surface area contributed by atoms with Gasteiger partial charge in [0.2, 0.25) is 11.8 Å². The Morgan fingerprint density at radius 1 is 1.25 bits per heavy atom. The Hall–Kier alpha value is -1.10. The lowest BCUT2D eigenvalue weighted by Crippen LogP contribution is -2.74. The molecular weight excluding hydrogens is 256 g/mol. The van der Waals surface area contributed by atoms with E-state index in [9.17, 15) is 9.59 Å². The molecule has 1 saturated heterocycles. The van der Waals surface area contributed by atoms with Gasteiger partial charge in [0.05, 0.1) is 6.61 Å². The molecular formula is C15H26N2O3. The van der Waals surface area contributed by atoms with Gasteiger partial charge >= 0.3 is 0 Å². The van der Waals surface area contributed by atoms with Crippen molar-refractivity contribution in [1.29, 1.82) is 0 Å². The smallest absolute Gasteiger partial charge is 0.249 e. The molecule has 5 heteroatoms. The van der Waals surface area contributed by atoms with Gasteiger partial charge in [-0.2, -0.15) is 0 Å². The molecule has 1 aliphatic carbocycles. The van der Waals surface area contributed by atoms with Crippen molar-refractivity contribution in [3.05, 3.63) is 0 Å². The number of nitrogens with zero attached hydrogens (tertiary/aromatic N) is 1. The maximum absolute atomic E-state index is 12.8. The van der Waals surface area contributed by atoms with Crippen molar-refractivity contribution in [3.8, 4) is 0 Å². The van der Waals surface area contributed by atoms with E-state index in [1.54, 1.807) is 18.7 Å². The zero-order chi connectivity index (χ0) is 15.0. The molecule has 2 amide bonds. The highest BCUT2D eigenvalue weighted by Gasteiger charge is 2.57. The van der Waals surface area contributed by atoms with Crippen LogP contribution in [0.5, 0.6) is 0 Å².